The van der Waals surface area contributed by atoms with E-state index >= 15 is 0 Å². The molecule has 5 nitrogen and oxygen atoms in total. The van der Waals surface area contributed by atoms with E-state index in [2.05, 4.69) is 45.8 Å². The number of aryl methyl sites for hydroxylation is 2. The fraction of sp³-hybridized carbons (Fsp3) is 0.435. The highest BCUT2D eigenvalue weighted by Crippen LogP contribution is 2.27. The molecule has 1 fully saturated rings. The zero-order chi connectivity index (χ0) is 20.1. The third kappa shape index (κ3) is 5.32. The minimum atomic E-state index is 0.273. The fourth-order valence-corrected chi connectivity index (χ4v) is 4.73. The normalized spacial score (nSPS) is 14.7. The van der Waals surface area contributed by atoms with Crippen molar-refractivity contribution in [3.63, 3.8) is 0 Å². The molecule has 0 spiro atoms. The lowest BCUT2D eigenvalue weighted by Gasteiger charge is -2.25. The van der Waals surface area contributed by atoms with Gasteiger partial charge in [-0.2, -0.15) is 0 Å². The van der Waals surface area contributed by atoms with Crippen molar-refractivity contribution in [2.75, 3.05) is 4.90 Å². The number of anilines is 1. The lowest BCUT2D eigenvalue weighted by atomic mass is 9.98. The molecule has 0 saturated heterocycles. The lowest BCUT2D eigenvalue weighted by molar-refractivity contribution is 0.148. The van der Waals surface area contributed by atoms with Gasteiger partial charge in [0, 0.05) is 17.5 Å². The Morgan fingerprint density at radius 2 is 2.03 bits per heavy atom. The second kappa shape index (κ2) is 9.35. The molecular formula is C23H27N4OS. The second-order valence-electron chi connectivity index (χ2n) is 7.60. The molecule has 0 atom stereocenters. The highest BCUT2D eigenvalue weighted by Gasteiger charge is 2.18. The molecular weight excluding hydrogens is 380 g/mol. The number of ether oxygens (including phenoxy) is 1. The maximum atomic E-state index is 6.18. The molecule has 0 aliphatic heterocycles. The summed E-state index contributed by atoms with van der Waals surface area (Å²) in [5, 5.41) is 1.09. The average Bonchev–Trinajstić information content (AvgIpc) is 3.06. The van der Waals surface area contributed by atoms with E-state index < -0.39 is 0 Å². The van der Waals surface area contributed by atoms with E-state index in [1.54, 1.807) is 17.7 Å². The Bertz CT molecular complexity index is 922. The van der Waals surface area contributed by atoms with Crippen LogP contribution in [0.1, 0.15) is 53.2 Å². The quantitative estimate of drug-likeness (QED) is 0.534. The van der Waals surface area contributed by atoms with Crippen molar-refractivity contribution < 1.29 is 4.74 Å². The van der Waals surface area contributed by atoms with Crippen LogP contribution in [0.25, 0.3) is 0 Å². The number of thiazole rings is 1. The molecule has 151 valence electrons. The number of hydrogen-bond acceptors (Lipinski definition) is 6. The molecule has 29 heavy (non-hydrogen) atoms. The predicted octanol–water partition coefficient (Wildman–Crippen LogP) is 5.27. The van der Waals surface area contributed by atoms with Gasteiger partial charge in [-0.05, 0) is 57.2 Å². The van der Waals surface area contributed by atoms with Crippen LogP contribution in [0.15, 0.2) is 36.7 Å². The summed E-state index contributed by atoms with van der Waals surface area (Å²) < 4.78 is 6.18. The molecule has 0 unspecified atom stereocenters. The summed E-state index contributed by atoms with van der Waals surface area (Å²) in [6.45, 7) is 5.63. The third-order valence-corrected chi connectivity index (χ3v) is 6.33. The average molecular weight is 408 g/mol. The smallest absolute Gasteiger partial charge is 0.218 e. The van der Waals surface area contributed by atoms with Crippen LogP contribution in [-0.2, 0) is 13.1 Å². The molecule has 1 aliphatic carbocycles. The van der Waals surface area contributed by atoms with Crippen molar-refractivity contribution in [3.05, 3.63) is 63.9 Å². The summed E-state index contributed by atoms with van der Waals surface area (Å²) >= 11 is 1.75. The second-order valence-corrected chi connectivity index (χ2v) is 8.89. The van der Waals surface area contributed by atoms with E-state index in [4.69, 9.17) is 4.74 Å². The first-order valence-electron chi connectivity index (χ1n) is 10.3. The summed E-state index contributed by atoms with van der Waals surface area (Å²) in [5.41, 5.74) is 2.28. The molecule has 1 aromatic carbocycles. The highest BCUT2D eigenvalue weighted by atomic mass is 32.1. The van der Waals surface area contributed by atoms with Crippen LogP contribution >= 0.6 is 11.3 Å². The fourth-order valence-electron chi connectivity index (χ4n) is 3.78. The van der Waals surface area contributed by atoms with Crippen molar-refractivity contribution in [2.24, 2.45) is 0 Å². The van der Waals surface area contributed by atoms with Gasteiger partial charge in [0.15, 0.2) is 0 Å². The number of nitrogens with zero attached hydrogens (tertiary/aromatic N) is 4. The Morgan fingerprint density at radius 3 is 2.76 bits per heavy atom. The Balaban J connectivity index is 1.57. The summed E-state index contributed by atoms with van der Waals surface area (Å²) in [6, 6.07) is 13.2. The van der Waals surface area contributed by atoms with Gasteiger partial charge in [-0.3, -0.25) is 0 Å². The topological polar surface area (TPSA) is 51.1 Å². The summed E-state index contributed by atoms with van der Waals surface area (Å²) in [4.78, 5) is 17.1. The maximum absolute atomic E-state index is 6.18. The van der Waals surface area contributed by atoms with Gasteiger partial charge in [-0.1, -0.05) is 24.6 Å². The Labute approximate surface area is 176 Å². The standard InChI is InChI=1S/C23H27N4OS/c1-17-21(29-18(2)26-17)15-27(14-19-9-5-3-6-10-19)22-13-23(25-16-24-22)28-20-11-7-4-8-12-20/h3,5,9-10,13,16,20H,4,7-8,11-12,14-15H2,1-2H3. The van der Waals surface area contributed by atoms with Gasteiger partial charge in [0.1, 0.15) is 18.2 Å². The van der Waals surface area contributed by atoms with Gasteiger partial charge >= 0.3 is 0 Å². The van der Waals surface area contributed by atoms with E-state index in [0.29, 0.717) is 5.88 Å². The first-order chi connectivity index (χ1) is 14.2. The maximum Gasteiger partial charge on any atom is 0.218 e. The van der Waals surface area contributed by atoms with Crippen LogP contribution in [0.2, 0.25) is 0 Å². The lowest BCUT2D eigenvalue weighted by Crippen LogP contribution is -2.24. The van der Waals surface area contributed by atoms with E-state index in [1.165, 1.54) is 29.7 Å². The number of hydrogen-bond donors (Lipinski definition) is 0. The molecule has 3 aromatic rings. The number of aromatic nitrogens is 3. The Kier molecular flexibility index (Phi) is 6.39. The zero-order valence-electron chi connectivity index (χ0n) is 17.1. The molecule has 0 amide bonds. The molecule has 2 heterocycles. The first-order valence-corrected chi connectivity index (χ1v) is 11.1. The number of benzene rings is 1. The Hall–Kier alpha value is -2.47. The van der Waals surface area contributed by atoms with Gasteiger partial charge in [0.2, 0.25) is 5.88 Å². The zero-order valence-corrected chi connectivity index (χ0v) is 17.9. The van der Waals surface area contributed by atoms with Gasteiger partial charge < -0.3 is 9.64 Å². The van der Waals surface area contributed by atoms with Crippen molar-refractivity contribution in [2.45, 2.75) is 65.1 Å². The summed E-state index contributed by atoms with van der Waals surface area (Å²) in [7, 11) is 0. The van der Waals surface area contributed by atoms with Crippen molar-refractivity contribution in [1.29, 1.82) is 0 Å². The van der Waals surface area contributed by atoms with Crippen LogP contribution in [0.5, 0.6) is 5.88 Å². The molecule has 1 aliphatic rings. The molecule has 6 heteroatoms. The van der Waals surface area contributed by atoms with Gasteiger partial charge in [0.25, 0.3) is 0 Å². The van der Waals surface area contributed by atoms with Gasteiger partial charge in [-0.25, -0.2) is 15.0 Å². The molecule has 2 aromatic heterocycles. The van der Waals surface area contributed by atoms with Crippen molar-refractivity contribution >= 4 is 17.2 Å². The monoisotopic (exact) mass is 407 g/mol. The van der Waals surface area contributed by atoms with E-state index in [-0.39, 0.29) is 6.10 Å². The Morgan fingerprint density at radius 1 is 1.17 bits per heavy atom. The molecule has 0 bridgehead atoms. The summed E-state index contributed by atoms with van der Waals surface area (Å²) in [5.74, 6) is 1.55. The molecule has 4 rings (SSSR count). The van der Waals surface area contributed by atoms with Crippen molar-refractivity contribution in [3.8, 4) is 5.88 Å². The minimum Gasteiger partial charge on any atom is -0.474 e. The van der Waals surface area contributed by atoms with Crippen LogP contribution in [0, 0.1) is 19.9 Å². The molecule has 1 saturated carbocycles. The van der Waals surface area contributed by atoms with Gasteiger partial charge in [0.05, 0.1) is 17.2 Å². The largest absolute Gasteiger partial charge is 0.474 e. The van der Waals surface area contributed by atoms with E-state index in [1.807, 2.05) is 24.3 Å². The highest BCUT2D eigenvalue weighted by molar-refractivity contribution is 7.11. The molecule has 0 N–H and O–H groups in total. The predicted molar refractivity (Wildman–Crippen MR) is 116 cm³/mol. The SMILES string of the molecule is Cc1nc(C)c(CN(Cc2c[c]ccc2)c2cc(OC3CCCCC3)ncn2)s1. The van der Waals surface area contributed by atoms with Crippen LogP contribution in [0.4, 0.5) is 5.82 Å². The van der Waals surface area contributed by atoms with Gasteiger partial charge in [-0.15, -0.1) is 11.3 Å². The van der Waals surface area contributed by atoms with E-state index in [0.717, 1.165) is 42.5 Å². The first kappa shape index (κ1) is 19.8. The number of rotatable bonds is 7. The van der Waals surface area contributed by atoms with E-state index in [9.17, 15) is 0 Å². The summed E-state index contributed by atoms with van der Waals surface area (Å²) in [6.07, 6.45) is 7.90. The molecule has 1 radical (unpaired) electrons. The minimum absolute atomic E-state index is 0.273. The van der Waals surface area contributed by atoms with Crippen LogP contribution in [0.3, 0.4) is 0 Å². The van der Waals surface area contributed by atoms with Crippen molar-refractivity contribution in [1.82, 2.24) is 15.0 Å². The van der Waals surface area contributed by atoms with Crippen LogP contribution in [-0.4, -0.2) is 21.1 Å². The van der Waals surface area contributed by atoms with Crippen LogP contribution < -0.4 is 9.64 Å². The third-order valence-electron chi connectivity index (χ3n) is 5.27.